The van der Waals surface area contributed by atoms with Crippen LogP contribution in [0.25, 0.3) is 6.08 Å². The number of amidine groups is 1. The summed E-state index contributed by atoms with van der Waals surface area (Å²) < 4.78 is 5.15. The lowest BCUT2D eigenvalue weighted by Crippen LogP contribution is -2.48. The Balaban J connectivity index is 1.21. The predicted molar refractivity (Wildman–Crippen MR) is 127 cm³/mol. The number of aromatic hydroxyl groups is 1. The van der Waals surface area contributed by atoms with Crippen molar-refractivity contribution in [3.8, 4) is 11.5 Å². The van der Waals surface area contributed by atoms with Crippen molar-refractivity contribution in [1.82, 2.24) is 10.3 Å². The number of phenols is 1. The molecule has 5 aliphatic rings. The zero-order chi connectivity index (χ0) is 21.9. The molecule has 1 amide bonds. The molecule has 1 aromatic heterocycles. The van der Waals surface area contributed by atoms with Crippen molar-refractivity contribution in [2.75, 3.05) is 7.11 Å². The molecule has 2 aromatic rings. The van der Waals surface area contributed by atoms with Crippen LogP contribution >= 0.6 is 23.1 Å². The highest BCUT2D eigenvalue weighted by molar-refractivity contribution is 8.18. The lowest BCUT2D eigenvalue weighted by atomic mass is 9.49. The smallest absolute Gasteiger partial charge is 0.264 e. The number of hydrogen-bond donors (Lipinski definition) is 2. The fourth-order valence-corrected chi connectivity index (χ4v) is 8.18. The summed E-state index contributed by atoms with van der Waals surface area (Å²) >= 11 is 2.88. The van der Waals surface area contributed by atoms with Crippen LogP contribution in [0, 0.1) is 17.8 Å². The van der Waals surface area contributed by atoms with Gasteiger partial charge < -0.3 is 15.2 Å². The van der Waals surface area contributed by atoms with E-state index in [-0.39, 0.29) is 17.1 Å². The van der Waals surface area contributed by atoms with Crippen LogP contribution in [0.5, 0.6) is 11.5 Å². The zero-order valence-corrected chi connectivity index (χ0v) is 19.5. The van der Waals surface area contributed by atoms with Crippen LogP contribution in [0.4, 0.5) is 5.13 Å². The van der Waals surface area contributed by atoms with Gasteiger partial charge in [-0.1, -0.05) is 6.07 Å². The number of benzene rings is 1. The second kappa shape index (κ2) is 7.63. The second-order valence-electron chi connectivity index (χ2n) is 9.63. The summed E-state index contributed by atoms with van der Waals surface area (Å²) in [6, 6.07) is 5.00. The van der Waals surface area contributed by atoms with E-state index in [1.807, 2.05) is 0 Å². The van der Waals surface area contributed by atoms with Crippen LogP contribution in [-0.2, 0) is 10.2 Å². The largest absolute Gasteiger partial charge is 0.504 e. The summed E-state index contributed by atoms with van der Waals surface area (Å²) in [5, 5.41) is 16.1. The molecule has 4 bridgehead atoms. The monoisotopic (exact) mass is 467 g/mol. The third-order valence-corrected chi connectivity index (χ3v) is 9.07. The van der Waals surface area contributed by atoms with E-state index in [0.29, 0.717) is 21.0 Å². The Morgan fingerprint density at radius 3 is 2.62 bits per heavy atom. The Kier molecular flexibility index (Phi) is 4.84. The lowest BCUT2D eigenvalue weighted by molar-refractivity contribution is -0.115. The first-order valence-electron chi connectivity index (χ1n) is 11.1. The minimum Gasteiger partial charge on any atom is -0.504 e. The Hall–Kier alpha value is -2.32. The van der Waals surface area contributed by atoms with E-state index in [1.165, 1.54) is 63.1 Å². The molecular formula is C24H25N3O3S2. The Morgan fingerprint density at radius 1 is 1.22 bits per heavy atom. The number of nitrogens with zero attached hydrogens (tertiary/aromatic N) is 2. The standard InChI is InChI=1S/C24H25N3O3S2/c1-30-18-7-13(2-3-17(18)28)8-19-21(29)26-23(32-19)27-22-25-20(12-31-22)24-9-14-4-15(10-24)6-16(5-14)11-24/h2-3,7-8,12,14-16,28H,4-6,9-11H2,1H3,(H,25,26,27,29)/b19-8-. The van der Waals surface area contributed by atoms with Gasteiger partial charge in [0, 0.05) is 10.8 Å². The minimum atomic E-state index is -0.182. The maximum absolute atomic E-state index is 12.5. The summed E-state index contributed by atoms with van der Waals surface area (Å²) in [4.78, 5) is 22.6. The number of rotatable bonds is 4. The molecule has 6 nitrogen and oxygen atoms in total. The van der Waals surface area contributed by atoms with Crippen molar-refractivity contribution < 1.29 is 14.6 Å². The molecule has 7 rings (SSSR count). The number of amides is 1. The number of nitrogens with one attached hydrogen (secondary N) is 1. The van der Waals surface area contributed by atoms with Crippen molar-refractivity contribution in [3.63, 3.8) is 0 Å². The molecule has 2 N–H and O–H groups in total. The maximum Gasteiger partial charge on any atom is 0.264 e. The topological polar surface area (TPSA) is 83.8 Å². The van der Waals surface area contributed by atoms with Crippen LogP contribution in [0.3, 0.4) is 0 Å². The molecule has 32 heavy (non-hydrogen) atoms. The summed E-state index contributed by atoms with van der Waals surface area (Å²) in [5.74, 6) is 2.91. The maximum atomic E-state index is 12.5. The highest BCUT2D eigenvalue weighted by atomic mass is 32.2. The Morgan fingerprint density at radius 2 is 1.94 bits per heavy atom. The molecule has 0 spiro atoms. The molecular weight excluding hydrogens is 442 g/mol. The number of phenolic OH excluding ortho intramolecular Hbond substituents is 1. The van der Waals surface area contributed by atoms with E-state index in [0.717, 1.165) is 23.3 Å². The molecule has 8 heteroatoms. The van der Waals surface area contributed by atoms with E-state index in [2.05, 4.69) is 15.7 Å². The summed E-state index contributed by atoms with van der Waals surface area (Å²) in [5.41, 5.74) is 2.26. The molecule has 2 heterocycles. The van der Waals surface area contributed by atoms with E-state index < -0.39 is 0 Å². The van der Waals surface area contributed by atoms with Gasteiger partial charge in [0.25, 0.3) is 5.91 Å². The average Bonchev–Trinajstić information content (AvgIpc) is 3.36. The van der Waals surface area contributed by atoms with Gasteiger partial charge in [-0.2, -0.15) is 4.99 Å². The third kappa shape index (κ3) is 3.53. The Bertz CT molecular complexity index is 1120. The van der Waals surface area contributed by atoms with Gasteiger partial charge in [0.2, 0.25) is 5.13 Å². The first-order chi connectivity index (χ1) is 15.5. The van der Waals surface area contributed by atoms with Crippen molar-refractivity contribution in [1.29, 1.82) is 0 Å². The van der Waals surface area contributed by atoms with Gasteiger partial charge in [-0.05, 0) is 91.8 Å². The number of hydrogen-bond acceptors (Lipinski definition) is 7. The normalized spacial score (nSPS) is 33.3. The van der Waals surface area contributed by atoms with Crippen molar-refractivity contribution >= 4 is 45.4 Å². The molecule has 5 fully saturated rings. The second-order valence-corrected chi connectivity index (χ2v) is 11.5. The van der Waals surface area contributed by atoms with Crippen molar-refractivity contribution in [2.45, 2.75) is 43.9 Å². The van der Waals surface area contributed by atoms with Crippen LogP contribution in [0.1, 0.15) is 49.8 Å². The average molecular weight is 468 g/mol. The van der Waals surface area contributed by atoms with Crippen LogP contribution in [0.15, 0.2) is 33.5 Å². The molecule has 4 saturated carbocycles. The summed E-state index contributed by atoms with van der Waals surface area (Å²) in [6.45, 7) is 0. The third-order valence-electron chi connectivity index (χ3n) is 7.42. The first-order valence-corrected chi connectivity index (χ1v) is 12.8. The van der Waals surface area contributed by atoms with E-state index >= 15 is 0 Å². The fraction of sp³-hybridized carbons (Fsp3) is 0.458. The molecule has 166 valence electrons. The number of aliphatic imine (C=N–C) groups is 1. The molecule has 0 unspecified atom stereocenters. The van der Waals surface area contributed by atoms with Crippen LogP contribution in [0.2, 0.25) is 0 Å². The van der Waals surface area contributed by atoms with Crippen LogP contribution in [-0.4, -0.2) is 28.3 Å². The summed E-state index contributed by atoms with van der Waals surface area (Å²) in [6.07, 6.45) is 9.89. The quantitative estimate of drug-likeness (QED) is 0.603. The number of thiazole rings is 1. The van der Waals surface area contributed by atoms with Gasteiger partial charge in [0.1, 0.15) is 0 Å². The van der Waals surface area contributed by atoms with E-state index in [4.69, 9.17) is 9.72 Å². The SMILES string of the molecule is COc1cc(/C=C2\S/C(=N\c3nc(C45CC6CC(CC(C6)C4)C5)cs3)NC2=O)ccc1O. The fourth-order valence-electron chi connectivity index (χ4n) is 6.49. The summed E-state index contributed by atoms with van der Waals surface area (Å²) in [7, 11) is 1.50. The number of methoxy groups -OCH3 is 1. The number of carbonyl (C=O) groups is 1. The molecule has 0 atom stereocenters. The Labute approximate surface area is 195 Å². The highest BCUT2D eigenvalue weighted by Crippen LogP contribution is 2.60. The first kappa shape index (κ1) is 20.3. The lowest BCUT2D eigenvalue weighted by Gasteiger charge is -2.56. The van der Waals surface area contributed by atoms with Gasteiger partial charge in [-0.3, -0.25) is 4.79 Å². The van der Waals surface area contributed by atoms with Gasteiger partial charge in [-0.15, -0.1) is 11.3 Å². The molecule has 1 aliphatic heterocycles. The number of carbonyl (C=O) groups excluding carboxylic acids is 1. The molecule has 0 radical (unpaired) electrons. The predicted octanol–water partition coefficient (Wildman–Crippen LogP) is 5.22. The molecule has 4 aliphatic carbocycles. The molecule has 1 aromatic carbocycles. The van der Waals surface area contributed by atoms with E-state index in [9.17, 15) is 9.90 Å². The van der Waals surface area contributed by atoms with Crippen LogP contribution < -0.4 is 10.1 Å². The minimum absolute atomic E-state index is 0.0685. The van der Waals surface area contributed by atoms with Crippen molar-refractivity contribution in [2.24, 2.45) is 22.7 Å². The van der Waals surface area contributed by atoms with Gasteiger partial charge in [0.05, 0.1) is 17.7 Å². The van der Waals surface area contributed by atoms with Gasteiger partial charge >= 0.3 is 0 Å². The number of thioether (sulfide) groups is 1. The number of ether oxygens (including phenoxy) is 1. The molecule has 1 saturated heterocycles. The van der Waals surface area contributed by atoms with Gasteiger partial charge in [-0.25, -0.2) is 4.98 Å². The van der Waals surface area contributed by atoms with Gasteiger partial charge in [0.15, 0.2) is 16.7 Å². The number of aromatic nitrogens is 1. The highest BCUT2D eigenvalue weighted by Gasteiger charge is 2.52. The van der Waals surface area contributed by atoms with E-state index in [1.54, 1.807) is 35.6 Å². The zero-order valence-electron chi connectivity index (χ0n) is 17.8. The van der Waals surface area contributed by atoms with Crippen molar-refractivity contribution in [3.05, 3.63) is 39.7 Å².